The van der Waals surface area contributed by atoms with E-state index in [4.69, 9.17) is 10.8 Å². The van der Waals surface area contributed by atoms with Crippen molar-refractivity contribution < 1.29 is 23.1 Å². The first-order valence-corrected chi connectivity index (χ1v) is 8.62. The summed E-state index contributed by atoms with van der Waals surface area (Å²) in [6.45, 7) is 1.92. The molecule has 1 saturated heterocycles. The van der Waals surface area contributed by atoms with Gasteiger partial charge in [-0.05, 0) is 31.4 Å². The maximum atomic E-state index is 12.5. The van der Waals surface area contributed by atoms with Crippen LogP contribution in [0.5, 0.6) is 0 Å². The Hall–Kier alpha value is -1.45. The Balaban J connectivity index is 2.31. The van der Waals surface area contributed by atoms with Crippen molar-refractivity contribution >= 4 is 33.2 Å². The number of hydrogen-bond acceptors (Lipinski definition) is 5. The predicted molar refractivity (Wildman–Crippen MR) is 76.7 cm³/mol. The van der Waals surface area contributed by atoms with Crippen molar-refractivity contribution in [2.75, 3.05) is 13.1 Å². The van der Waals surface area contributed by atoms with Crippen molar-refractivity contribution in [2.45, 2.75) is 24.0 Å². The van der Waals surface area contributed by atoms with Crippen LogP contribution < -0.4 is 5.73 Å². The molecule has 1 amide bonds. The molecule has 0 spiro atoms. The summed E-state index contributed by atoms with van der Waals surface area (Å²) < 4.78 is 26.3. The number of amides is 1. The van der Waals surface area contributed by atoms with Gasteiger partial charge < -0.3 is 10.8 Å². The van der Waals surface area contributed by atoms with Crippen LogP contribution in [0.15, 0.2) is 10.3 Å². The fourth-order valence-electron chi connectivity index (χ4n) is 2.31. The minimum absolute atomic E-state index is 0.0111. The number of sulfonamides is 1. The SMILES string of the molecule is Cc1cc(S(=O)(=O)N2CCCC(C(N)=O)C2)sc1C(=O)O. The molecule has 1 aliphatic heterocycles. The van der Waals surface area contributed by atoms with Crippen molar-refractivity contribution in [1.82, 2.24) is 4.31 Å². The molecule has 7 nitrogen and oxygen atoms in total. The number of carboxylic acids is 1. The van der Waals surface area contributed by atoms with Gasteiger partial charge in [0, 0.05) is 13.1 Å². The van der Waals surface area contributed by atoms with E-state index in [0.29, 0.717) is 24.9 Å². The number of aromatic carboxylic acids is 1. The highest BCUT2D eigenvalue weighted by molar-refractivity contribution is 7.91. The zero-order valence-electron chi connectivity index (χ0n) is 11.4. The molecule has 1 aromatic heterocycles. The van der Waals surface area contributed by atoms with E-state index < -0.39 is 27.8 Å². The number of aryl methyl sites for hydroxylation is 1. The number of nitrogens with zero attached hydrogens (tertiary/aromatic N) is 1. The van der Waals surface area contributed by atoms with Crippen LogP contribution in [0.25, 0.3) is 0 Å². The van der Waals surface area contributed by atoms with Crippen LogP contribution in [0, 0.1) is 12.8 Å². The Morgan fingerprint density at radius 1 is 1.48 bits per heavy atom. The molecule has 0 aromatic carbocycles. The van der Waals surface area contributed by atoms with Gasteiger partial charge in [0.25, 0.3) is 10.0 Å². The highest BCUT2D eigenvalue weighted by Crippen LogP contribution is 2.30. The van der Waals surface area contributed by atoms with E-state index in [1.54, 1.807) is 6.92 Å². The minimum Gasteiger partial charge on any atom is -0.477 e. The first kappa shape index (κ1) is 15.9. The third-order valence-corrected chi connectivity index (χ3v) is 7.01. The summed E-state index contributed by atoms with van der Waals surface area (Å²) in [5.41, 5.74) is 5.66. The fraction of sp³-hybridized carbons (Fsp3) is 0.500. The molecule has 0 radical (unpaired) electrons. The fourth-order valence-corrected chi connectivity index (χ4v) is 5.37. The largest absolute Gasteiger partial charge is 0.477 e. The van der Waals surface area contributed by atoms with Gasteiger partial charge >= 0.3 is 5.97 Å². The van der Waals surface area contributed by atoms with Crippen LogP contribution in [0.2, 0.25) is 0 Å². The number of primary amides is 1. The Bertz CT molecular complexity index is 680. The molecule has 0 aliphatic carbocycles. The molecule has 1 aromatic rings. The van der Waals surface area contributed by atoms with Crippen LogP contribution in [0.3, 0.4) is 0 Å². The molecule has 2 rings (SSSR count). The first-order chi connectivity index (χ1) is 9.73. The summed E-state index contributed by atoms with van der Waals surface area (Å²) in [6.07, 6.45) is 1.13. The quantitative estimate of drug-likeness (QED) is 0.839. The number of piperidine rings is 1. The lowest BCUT2D eigenvalue weighted by Crippen LogP contribution is -2.43. The summed E-state index contributed by atoms with van der Waals surface area (Å²) >= 11 is 0.732. The highest BCUT2D eigenvalue weighted by atomic mass is 32.2. The van der Waals surface area contributed by atoms with Gasteiger partial charge in [-0.1, -0.05) is 0 Å². The molecule has 1 atom stereocenters. The Morgan fingerprint density at radius 3 is 2.67 bits per heavy atom. The lowest BCUT2D eigenvalue weighted by Gasteiger charge is -2.29. The van der Waals surface area contributed by atoms with Crippen LogP contribution in [0.1, 0.15) is 28.1 Å². The van der Waals surface area contributed by atoms with E-state index in [-0.39, 0.29) is 15.6 Å². The van der Waals surface area contributed by atoms with Gasteiger partial charge in [-0.2, -0.15) is 4.31 Å². The van der Waals surface area contributed by atoms with E-state index in [1.165, 1.54) is 10.4 Å². The summed E-state index contributed by atoms with van der Waals surface area (Å²) in [5.74, 6) is -2.15. The van der Waals surface area contributed by atoms with E-state index in [9.17, 15) is 18.0 Å². The lowest BCUT2D eigenvalue weighted by atomic mass is 9.99. The second-order valence-corrected chi connectivity index (χ2v) is 8.20. The van der Waals surface area contributed by atoms with Crippen molar-refractivity contribution in [3.05, 3.63) is 16.5 Å². The second kappa shape index (κ2) is 5.74. The van der Waals surface area contributed by atoms with Crippen LogP contribution in [0.4, 0.5) is 0 Å². The average molecular weight is 332 g/mol. The Labute approximate surface area is 126 Å². The van der Waals surface area contributed by atoms with E-state index in [0.717, 1.165) is 11.3 Å². The number of carbonyl (C=O) groups excluding carboxylic acids is 1. The van der Waals surface area contributed by atoms with E-state index in [2.05, 4.69) is 0 Å². The molecule has 1 aliphatic rings. The number of rotatable bonds is 4. The monoisotopic (exact) mass is 332 g/mol. The van der Waals surface area contributed by atoms with Crippen molar-refractivity contribution in [3.8, 4) is 0 Å². The van der Waals surface area contributed by atoms with Crippen molar-refractivity contribution in [3.63, 3.8) is 0 Å². The molecule has 3 N–H and O–H groups in total. The molecular weight excluding hydrogens is 316 g/mol. The van der Waals surface area contributed by atoms with E-state index in [1.807, 2.05) is 0 Å². The maximum absolute atomic E-state index is 12.5. The molecule has 2 heterocycles. The highest BCUT2D eigenvalue weighted by Gasteiger charge is 2.34. The van der Waals surface area contributed by atoms with Gasteiger partial charge in [0.1, 0.15) is 9.09 Å². The predicted octanol–water partition coefficient (Wildman–Crippen LogP) is 0.641. The van der Waals surface area contributed by atoms with Crippen molar-refractivity contribution in [2.24, 2.45) is 11.7 Å². The summed E-state index contributed by atoms with van der Waals surface area (Å²) in [7, 11) is -3.78. The molecule has 21 heavy (non-hydrogen) atoms. The number of carbonyl (C=O) groups is 2. The number of thiophene rings is 1. The molecule has 1 fully saturated rings. The number of carboxylic acid groups (broad SMARTS) is 1. The topological polar surface area (TPSA) is 118 Å². The van der Waals surface area contributed by atoms with Crippen molar-refractivity contribution in [1.29, 1.82) is 0 Å². The maximum Gasteiger partial charge on any atom is 0.346 e. The summed E-state index contributed by atoms with van der Waals surface area (Å²) in [4.78, 5) is 22.3. The molecule has 0 bridgehead atoms. The third kappa shape index (κ3) is 3.09. The molecule has 0 saturated carbocycles. The summed E-state index contributed by atoms with van der Waals surface area (Å²) in [6, 6.07) is 1.36. The van der Waals surface area contributed by atoms with Gasteiger partial charge in [0.15, 0.2) is 0 Å². The van der Waals surface area contributed by atoms with Crippen LogP contribution in [-0.2, 0) is 14.8 Å². The summed E-state index contributed by atoms with van der Waals surface area (Å²) in [5, 5.41) is 9.01. The van der Waals surface area contributed by atoms with Gasteiger partial charge in [-0.3, -0.25) is 4.79 Å². The van der Waals surface area contributed by atoms with E-state index >= 15 is 0 Å². The zero-order chi connectivity index (χ0) is 15.8. The van der Waals surface area contributed by atoms with Gasteiger partial charge in [0.05, 0.1) is 5.92 Å². The standard InChI is InChI=1S/C12H16N2O5S2/c1-7-5-9(20-10(7)12(16)17)21(18,19)14-4-2-3-8(6-14)11(13)15/h5,8H,2-4,6H2,1H3,(H2,13,15)(H,16,17). The Morgan fingerprint density at radius 2 is 2.14 bits per heavy atom. The molecule has 9 heteroatoms. The smallest absolute Gasteiger partial charge is 0.346 e. The van der Waals surface area contributed by atoms with Gasteiger partial charge in [-0.15, -0.1) is 11.3 Å². The second-order valence-electron chi connectivity index (χ2n) is 4.99. The number of nitrogens with two attached hydrogens (primary N) is 1. The zero-order valence-corrected chi connectivity index (χ0v) is 13.0. The van der Waals surface area contributed by atoms with Gasteiger partial charge in [-0.25, -0.2) is 13.2 Å². The van der Waals surface area contributed by atoms with Gasteiger partial charge in [0.2, 0.25) is 5.91 Å². The molecule has 1 unspecified atom stereocenters. The minimum atomic E-state index is -3.78. The Kier molecular flexibility index (Phi) is 4.35. The third-order valence-electron chi connectivity index (χ3n) is 3.47. The number of hydrogen-bond donors (Lipinski definition) is 2. The lowest BCUT2D eigenvalue weighted by molar-refractivity contribution is -0.122. The van der Waals surface area contributed by atoms with Crippen LogP contribution in [-0.4, -0.2) is 42.8 Å². The normalized spacial score (nSPS) is 20.3. The first-order valence-electron chi connectivity index (χ1n) is 6.36. The molecular formula is C12H16N2O5S2. The van der Waals surface area contributed by atoms with Crippen LogP contribution >= 0.6 is 11.3 Å². The average Bonchev–Trinajstić information content (AvgIpc) is 2.82. The molecule has 116 valence electrons.